The molecule has 3 aromatic heterocycles. The Kier molecular flexibility index (Phi) is 5.72. The van der Waals surface area contributed by atoms with Gasteiger partial charge in [0.25, 0.3) is 5.91 Å². The van der Waals surface area contributed by atoms with Crippen LogP contribution in [-0.2, 0) is 4.79 Å². The van der Waals surface area contributed by atoms with Crippen molar-refractivity contribution in [3.8, 4) is 11.1 Å². The number of anilines is 1. The number of amides is 2. The van der Waals surface area contributed by atoms with Gasteiger partial charge in [-0.25, -0.2) is 4.98 Å². The van der Waals surface area contributed by atoms with Gasteiger partial charge in [0.05, 0.1) is 17.5 Å². The number of nitrogen functional groups attached to an aromatic ring is 1. The fraction of sp³-hybridized carbons (Fsp3) is 0.417. The molecule has 2 saturated heterocycles. The van der Waals surface area contributed by atoms with Gasteiger partial charge in [0.2, 0.25) is 5.91 Å². The van der Waals surface area contributed by atoms with Crippen LogP contribution in [0.1, 0.15) is 65.1 Å². The summed E-state index contributed by atoms with van der Waals surface area (Å²) in [5.41, 5.74) is 9.61. The van der Waals surface area contributed by atoms with E-state index < -0.39 is 6.61 Å². The highest BCUT2D eigenvalue weighted by molar-refractivity contribution is 6.00. The molecular weight excluding hydrogens is 450 g/mol. The second kappa shape index (κ2) is 8.73. The molecule has 2 aliphatic rings. The minimum Gasteiger partial charge on any atom is -0.387 e. The minimum absolute atomic E-state index is 0.00305. The first-order valence-electron chi connectivity index (χ1n) is 11.6. The maximum atomic E-state index is 12.7. The van der Waals surface area contributed by atoms with Crippen LogP contribution in [0.4, 0.5) is 5.82 Å². The smallest absolute Gasteiger partial charge is 0.269 e. The second-order valence-corrected chi connectivity index (χ2v) is 9.13. The van der Waals surface area contributed by atoms with Gasteiger partial charge >= 0.3 is 0 Å². The summed E-state index contributed by atoms with van der Waals surface area (Å²) in [6.45, 7) is 0.965. The predicted molar refractivity (Wildman–Crippen MR) is 127 cm³/mol. The molecule has 2 amide bonds. The van der Waals surface area contributed by atoms with Gasteiger partial charge < -0.3 is 21.1 Å². The molecule has 0 spiro atoms. The third-order valence-electron chi connectivity index (χ3n) is 7.14. The molecule has 0 aliphatic carbocycles. The average molecular weight is 478 g/mol. The summed E-state index contributed by atoms with van der Waals surface area (Å²) in [6.07, 6.45) is 6.23. The largest absolute Gasteiger partial charge is 0.387 e. The van der Waals surface area contributed by atoms with Crippen LogP contribution in [0.5, 0.6) is 0 Å². The molecule has 2 atom stereocenters. The molecule has 5 heterocycles. The summed E-state index contributed by atoms with van der Waals surface area (Å²) < 4.78 is 1.46. The van der Waals surface area contributed by atoms with Crippen LogP contribution in [0.2, 0.25) is 0 Å². The molecule has 182 valence electrons. The summed E-state index contributed by atoms with van der Waals surface area (Å²) in [7, 11) is 1.54. The van der Waals surface area contributed by atoms with Crippen LogP contribution in [0.15, 0.2) is 24.5 Å². The quantitative estimate of drug-likeness (QED) is 0.462. The highest BCUT2D eigenvalue weighted by Gasteiger charge is 2.44. The maximum Gasteiger partial charge on any atom is 0.269 e. The van der Waals surface area contributed by atoms with E-state index >= 15 is 0 Å². The number of hydrogen-bond donors (Lipinski definition) is 3. The number of hydrogen-bond acceptors (Lipinski definition) is 8. The number of Topliss-reactive ketones (excluding diaryl/α,β-unsaturated/α-hetero) is 1. The van der Waals surface area contributed by atoms with Gasteiger partial charge in [0.15, 0.2) is 11.4 Å². The van der Waals surface area contributed by atoms with E-state index in [-0.39, 0.29) is 41.4 Å². The topological polar surface area (TPSA) is 156 Å². The van der Waals surface area contributed by atoms with Gasteiger partial charge in [0.1, 0.15) is 18.1 Å². The zero-order chi connectivity index (χ0) is 24.9. The summed E-state index contributed by atoms with van der Waals surface area (Å²) in [5.74, 6) is -0.566. The van der Waals surface area contributed by atoms with Crippen LogP contribution >= 0.6 is 0 Å². The van der Waals surface area contributed by atoms with Crippen LogP contribution in [-0.4, -0.2) is 72.9 Å². The first-order chi connectivity index (χ1) is 16.8. The van der Waals surface area contributed by atoms with E-state index in [0.717, 1.165) is 12.8 Å². The van der Waals surface area contributed by atoms with Crippen molar-refractivity contribution in [2.75, 3.05) is 19.4 Å². The van der Waals surface area contributed by atoms with E-state index in [1.165, 1.54) is 11.4 Å². The van der Waals surface area contributed by atoms with Crippen LogP contribution in [0.3, 0.4) is 0 Å². The number of rotatable bonds is 5. The molecule has 2 aliphatic heterocycles. The Morgan fingerprint density at radius 1 is 1.17 bits per heavy atom. The molecule has 3 aromatic rings. The van der Waals surface area contributed by atoms with Gasteiger partial charge in [0, 0.05) is 42.4 Å². The molecule has 5 rings (SSSR count). The molecule has 0 saturated carbocycles. The normalized spacial score (nSPS) is 21.3. The molecule has 2 fully saturated rings. The molecule has 2 bridgehead atoms. The lowest BCUT2D eigenvalue weighted by Crippen LogP contribution is -2.47. The van der Waals surface area contributed by atoms with Crippen LogP contribution in [0, 0.1) is 0 Å². The number of piperidine rings is 1. The number of pyridine rings is 1. The van der Waals surface area contributed by atoms with Crippen molar-refractivity contribution >= 4 is 29.1 Å². The Hall–Kier alpha value is -3.86. The number of carbonyl (C=O) groups excluding carboxylic acids is 3. The third kappa shape index (κ3) is 3.72. The summed E-state index contributed by atoms with van der Waals surface area (Å²) in [6, 6.07) is 3.40. The number of carbonyl (C=O) groups is 3. The lowest BCUT2D eigenvalue weighted by atomic mass is 9.85. The number of aliphatic hydroxyl groups is 1. The Balaban J connectivity index is 1.58. The first-order valence-corrected chi connectivity index (χ1v) is 11.6. The van der Waals surface area contributed by atoms with Crippen molar-refractivity contribution in [2.45, 2.75) is 50.6 Å². The number of ketones is 1. The lowest BCUT2D eigenvalue weighted by Gasteiger charge is -2.39. The van der Waals surface area contributed by atoms with E-state index in [1.54, 1.807) is 36.5 Å². The lowest BCUT2D eigenvalue weighted by molar-refractivity contribution is -0.138. The van der Waals surface area contributed by atoms with Crippen LogP contribution in [0.25, 0.3) is 16.8 Å². The molecule has 11 heteroatoms. The zero-order valence-electron chi connectivity index (χ0n) is 19.6. The van der Waals surface area contributed by atoms with Crippen molar-refractivity contribution in [2.24, 2.45) is 0 Å². The van der Waals surface area contributed by atoms with Crippen molar-refractivity contribution in [3.63, 3.8) is 0 Å². The standard InChI is InChI=1S/C24H27N7O4/c1-12(33)20-21(14-7-15-4-5-16(8-14)30(15)19(34)11-32)29-23-17(10-28-31(23)22(20)25)13-3-6-18(27-9-13)24(35)26-2/h3,6,9-10,14-16,32H,4-5,7-8,11,25H2,1-2H3,(H,26,35). The number of nitrogens with one attached hydrogen (secondary N) is 1. The molecule has 35 heavy (non-hydrogen) atoms. The van der Waals surface area contributed by atoms with E-state index in [4.69, 9.17) is 10.7 Å². The van der Waals surface area contributed by atoms with Gasteiger partial charge in [-0.3, -0.25) is 19.4 Å². The fourth-order valence-electron chi connectivity index (χ4n) is 5.60. The van der Waals surface area contributed by atoms with Gasteiger partial charge in [-0.1, -0.05) is 6.07 Å². The number of fused-ring (bicyclic) bond motifs is 3. The van der Waals surface area contributed by atoms with Gasteiger partial charge in [-0.15, -0.1) is 0 Å². The number of nitrogens with zero attached hydrogens (tertiary/aromatic N) is 5. The SMILES string of the molecule is CNC(=O)c1ccc(-c2cnn3c(N)c(C(C)=O)c(C4CC5CCC(C4)N5C(=O)CO)nc23)cn1. The van der Waals surface area contributed by atoms with Crippen molar-refractivity contribution < 1.29 is 19.5 Å². The Bertz CT molecular complexity index is 1320. The molecule has 4 N–H and O–H groups in total. The summed E-state index contributed by atoms with van der Waals surface area (Å²) >= 11 is 0. The molecule has 11 nitrogen and oxygen atoms in total. The van der Waals surface area contributed by atoms with E-state index in [0.29, 0.717) is 46.6 Å². The number of nitrogens with two attached hydrogens (primary N) is 1. The Morgan fingerprint density at radius 2 is 1.89 bits per heavy atom. The zero-order valence-corrected chi connectivity index (χ0v) is 19.6. The third-order valence-corrected chi connectivity index (χ3v) is 7.14. The van der Waals surface area contributed by atoms with Crippen molar-refractivity contribution in [1.29, 1.82) is 0 Å². The van der Waals surface area contributed by atoms with Crippen molar-refractivity contribution in [1.82, 2.24) is 29.8 Å². The van der Waals surface area contributed by atoms with E-state index in [9.17, 15) is 19.5 Å². The molecule has 0 radical (unpaired) electrons. The Labute approximate surface area is 201 Å². The number of aliphatic hydroxyl groups excluding tert-OH is 1. The van der Waals surface area contributed by atoms with Crippen molar-refractivity contribution in [3.05, 3.63) is 41.5 Å². The van der Waals surface area contributed by atoms with E-state index in [1.807, 2.05) is 0 Å². The minimum atomic E-state index is -0.501. The molecule has 2 unspecified atom stereocenters. The highest BCUT2D eigenvalue weighted by atomic mass is 16.3. The average Bonchev–Trinajstić information content (AvgIpc) is 3.41. The summed E-state index contributed by atoms with van der Waals surface area (Å²) in [4.78, 5) is 47.7. The maximum absolute atomic E-state index is 12.7. The predicted octanol–water partition coefficient (Wildman–Crippen LogP) is 1.16. The highest BCUT2D eigenvalue weighted by Crippen LogP contribution is 2.44. The Morgan fingerprint density at radius 3 is 2.46 bits per heavy atom. The van der Waals surface area contributed by atoms with Crippen LogP contribution < -0.4 is 11.1 Å². The molecular formula is C24H27N7O4. The first kappa shape index (κ1) is 22.9. The number of aromatic nitrogens is 4. The monoisotopic (exact) mass is 477 g/mol. The van der Waals surface area contributed by atoms with Gasteiger partial charge in [-0.2, -0.15) is 9.61 Å². The van der Waals surface area contributed by atoms with E-state index in [2.05, 4.69) is 15.4 Å². The second-order valence-electron chi connectivity index (χ2n) is 9.13. The van der Waals surface area contributed by atoms with Gasteiger partial charge in [-0.05, 0) is 38.7 Å². The molecule has 0 aromatic carbocycles. The fourth-order valence-corrected chi connectivity index (χ4v) is 5.60. The summed E-state index contributed by atoms with van der Waals surface area (Å²) in [5, 5.41) is 16.3.